The van der Waals surface area contributed by atoms with E-state index in [1.165, 1.54) is 12.1 Å². The highest BCUT2D eigenvalue weighted by atomic mass is 19.1. The highest BCUT2D eigenvalue weighted by Gasteiger charge is 2.27. The number of halogens is 2. The van der Waals surface area contributed by atoms with Crippen LogP contribution in [0, 0.1) is 11.6 Å². The van der Waals surface area contributed by atoms with Crippen molar-refractivity contribution in [3.8, 4) is 11.1 Å². The van der Waals surface area contributed by atoms with Gasteiger partial charge in [0.1, 0.15) is 11.6 Å². The van der Waals surface area contributed by atoms with E-state index in [-0.39, 0.29) is 11.8 Å². The van der Waals surface area contributed by atoms with Crippen molar-refractivity contribution in [3.05, 3.63) is 95.1 Å². The molecule has 0 bridgehead atoms. The molecule has 0 atom stereocenters. The zero-order chi connectivity index (χ0) is 23.9. The van der Waals surface area contributed by atoms with E-state index in [0.717, 1.165) is 30.0 Å². The fraction of sp³-hybridized carbons (Fsp3) is 0.259. The van der Waals surface area contributed by atoms with Crippen molar-refractivity contribution in [3.63, 3.8) is 0 Å². The van der Waals surface area contributed by atoms with Crippen molar-refractivity contribution in [2.45, 2.75) is 38.8 Å². The lowest BCUT2D eigenvalue weighted by Crippen LogP contribution is -2.25. The first-order valence-corrected chi connectivity index (χ1v) is 11.3. The van der Waals surface area contributed by atoms with E-state index in [2.05, 4.69) is 5.48 Å². The predicted molar refractivity (Wildman–Crippen MR) is 124 cm³/mol. The second kappa shape index (κ2) is 11.0. The van der Waals surface area contributed by atoms with Gasteiger partial charge < -0.3 is 4.90 Å². The molecule has 2 amide bonds. The molecule has 1 aliphatic heterocycles. The van der Waals surface area contributed by atoms with Gasteiger partial charge in [-0.2, -0.15) is 0 Å². The first-order chi connectivity index (χ1) is 16.5. The summed E-state index contributed by atoms with van der Waals surface area (Å²) in [5, 5.41) is 0. The Morgan fingerprint density at radius 3 is 2.44 bits per heavy atom. The molecule has 0 aromatic heterocycles. The highest BCUT2D eigenvalue weighted by Crippen LogP contribution is 2.29. The summed E-state index contributed by atoms with van der Waals surface area (Å²) in [4.78, 5) is 31.6. The fourth-order valence-corrected chi connectivity index (χ4v) is 4.05. The van der Waals surface area contributed by atoms with Gasteiger partial charge in [-0.15, -0.1) is 0 Å². The van der Waals surface area contributed by atoms with Crippen LogP contribution >= 0.6 is 0 Å². The van der Waals surface area contributed by atoms with E-state index in [0.29, 0.717) is 49.2 Å². The van der Waals surface area contributed by atoms with Crippen molar-refractivity contribution < 1.29 is 23.2 Å². The highest BCUT2D eigenvalue weighted by molar-refractivity contribution is 5.99. The lowest BCUT2D eigenvalue weighted by atomic mass is 10.0. The number of nitrogens with one attached hydrogen (secondary N) is 1. The maximum Gasteiger partial charge on any atom is 0.254 e. The van der Waals surface area contributed by atoms with E-state index in [9.17, 15) is 18.4 Å². The molecule has 3 aromatic rings. The first-order valence-electron chi connectivity index (χ1n) is 11.3. The topological polar surface area (TPSA) is 58.6 Å². The molecular formula is C27H26F2N2O3. The zero-order valence-corrected chi connectivity index (χ0v) is 18.7. The number of carbonyl (C=O) groups is 2. The minimum Gasteiger partial charge on any atom is -0.334 e. The summed E-state index contributed by atoms with van der Waals surface area (Å²) in [5.41, 5.74) is 6.02. The van der Waals surface area contributed by atoms with Gasteiger partial charge in [0.15, 0.2) is 0 Å². The zero-order valence-electron chi connectivity index (χ0n) is 18.7. The average molecular weight is 465 g/mol. The van der Waals surface area contributed by atoms with Gasteiger partial charge in [-0.05, 0) is 59.4 Å². The minimum atomic E-state index is -0.635. The molecular weight excluding hydrogens is 438 g/mol. The smallest absolute Gasteiger partial charge is 0.254 e. The molecule has 0 aliphatic carbocycles. The van der Waals surface area contributed by atoms with E-state index >= 15 is 0 Å². The molecule has 4 rings (SSSR count). The fourth-order valence-electron chi connectivity index (χ4n) is 4.05. The summed E-state index contributed by atoms with van der Waals surface area (Å²) < 4.78 is 27.1. The number of rotatable bonds is 10. The molecule has 1 N–H and O–H groups in total. The van der Waals surface area contributed by atoms with Crippen LogP contribution in [-0.4, -0.2) is 23.3 Å². The van der Waals surface area contributed by atoms with Crippen molar-refractivity contribution >= 4 is 11.8 Å². The van der Waals surface area contributed by atoms with Crippen LogP contribution in [0.1, 0.15) is 47.2 Å². The third kappa shape index (κ3) is 6.05. The second-order valence-corrected chi connectivity index (χ2v) is 8.37. The number of carbonyl (C=O) groups excluding carboxylic acids is 2. The molecule has 1 aliphatic rings. The molecule has 0 spiro atoms. The van der Waals surface area contributed by atoms with Gasteiger partial charge >= 0.3 is 0 Å². The van der Waals surface area contributed by atoms with Crippen LogP contribution in [0.25, 0.3) is 11.1 Å². The number of hydroxylamine groups is 1. The van der Waals surface area contributed by atoms with Gasteiger partial charge in [0, 0.05) is 31.1 Å². The predicted octanol–water partition coefficient (Wildman–Crippen LogP) is 5.40. The monoisotopic (exact) mass is 464 g/mol. The SMILES string of the molecule is O=C(CCCCCN1Cc2cc(-c3cc(F)cc(F)c3)ccc2C1=O)NOCc1ccccc1. The maximum absolute atomic E-state index is 13.6. The van der Waals surface area contributed by atoms with Crippen LogP contribution in [0.4, 0.5) is 8.78 Å². The van der Waals surface area contributed by atoms with Gasteiger partial charge in [-0.25, -0.2) is 14.3 Å². The van der Waals surface area contributed by atoms with Gasteiger partial charge in [-0.1, -0.05) is 42.8 Å². The number of benzene rings is 3. The number of unbranched alkanes of at least 4 members (excludes halogenated alkanes) is 2. The number of hydrogen-bond acceptors (Lipinski definition) is 3. The molecule has 34 heavy (non-hydrogen) atoms. The summed E-state index contributed by atoms with van der Waals surface area (Å²) in [5.74, 6) is -1.48. The Bertz CT molecular complexity index is 1150. The number of fused-ring (bicyclic) bond motifs is 1. The number of amides is 2. The molecule has 0 fully saturated rings. The Kier molecular flexibility index (Phi) is 7.65. The number of hydrogen-bond donors (Lipinski definition) is 1. The Hall–Kier alpha value is -3.58. The van der Waals surface area contributed by atoms with E-state index in [1.54, 1.807) is 17.0 Å². The van der Waals surface area contributed by atoms with Crippen molar-refractivity contribution in [1.82, 2.24) is 10.4 Å². The normalized spacial score (nSPS) is 12.6. The third-order valence-corrected chi connectivity index (χ3v) is 5.78. The summed E-state index contributed by atoms with van der Waals surface area (Å²) in [7, 11) is 0. The third-order valence-electron chi connectivity index (χ3n) is 5.78. The summed E-state index contributed by atoms with van der Waals surface area (Å²) >= 11 is 0. The van der Waals surface area contributed by atoms with Crippen molar-refractivity contribution in [2.75, 3.05) is 6.54 Å². The standard InChI is InChI=1S/C27H26F2N2O3/c28-23-14-21(15-24(29)16-23)20-10-11-25-22(13-20)17-31(27(25)33)12-6-2-5-9-26(32)30-34-18-19-7-3-1-4-8-19/h1,3-4,7-8,10-11,13-16H,2,5-6,9,12,17-18H2,(H,30,32). The number of nitrogens with zero attached hydrogens (tertiary/aromatic N) is 1. The van der Waals surface area contributed by atoms with Crippen molar-refractivity contribution in [2.24, 2.45) is 0 Å². The van der Waals surface area contributed by atoms with E-state index in [1.807, 2.05) is 36.4 Å². The molecule has 7 heteroatoms. The Morgan fingerprint density at radius 1 is 0.912 bits per heavy atom. The molecule has 1 heterocycles. The van der Waals surface area contributed by atoms with Crippen LogP contribution in [0.15, 0.2) is 66.7 Å². The quantitative estimate of drug-likeness (QED) is 0.323. The molecule has 5 nitrogen and oxygen atoms in total. The molecule has 3 aromatic carbocycles. The molecule has 0 unspecified atom stereocenters. The molecule has 0 saturated carbocycles. The van der Waals surface area contributed by atoms with Crippen LogP contribution in [0.5, 0.6) is 0 Å². The van der Waals surface area contributed by atoms with Gasteiger partial charge in [0.25, 0.3) is 5.91 Å². The summed E-state index contributed by atoms with van der Waals surface area (Å²) in [6, 6.07) is 18.2. The van der Waals surface area contributed by atoms with Gasteiger partial charge in [0.05, 0.1) is 6.61 Å². The molecule has 0 radical (unpaired) electrons. The first kappa shape index (κ1) is 23.6. The van der Waals surface area contributed by atoms with Crippen LogP contribution < -0.4 is 5.48 Å². The summed E-state index contributed by atoms with van der Waals surface area (Å²) in [6.45, 7) is 1.37. The molecule has 176 valence electrons. The van der Waals surface area contributed by atoms with Gasteiger partial charge in [-0.3, -0.25) is 14.4 Å². The Morgan fingerprint density at radius 2 is 1.68 bits per heavy atom. The maximum atomic E-state index is 13.6. The lowest BCUT2D eigenvalue weighted by Gasteiger charge is -2.15. The molecule has 0 saturated heterocycles. The van der Waals surface area contributed by atoms with Crippen LogP contribution in [-0.2, 0) is 22.8 Å². The van der Waals surface area contributed by atoms with Gasteiger partial charge in [0.2, 0.25) is 5.91 Å². The van der Waals surface area contributed by atoms with E-state index in [4.69, 9.17) is 4.84 Å². The van der Waals surface area contributed by atoms with Crippen molar-refractivity contribution in [1.29, 1.82) is 0 Å². The minimum absolute atomic E-state index is 0.0426. The largest absolute Gasteiger partial charge is 0.334 e. The van der Waals surface area contributed by atoms with Crippen LogP contribution in [0.2, 0.25) is 0 Å². The second-order valence-electron chi connectivity index (χ2n) is 8.37. The van der Waals surface area contributed by atoms with Crippen LogP contribution in [0.3, 0.4) is 0 Å². The summed E-state index contributed by atoms with van der Waals surface area (Å²) in [6.07, 6.45) is 2.64. The Balaban J connectivity index is 1.19. The average Bonchev–Trinajstić information content (AvgIpc) is 3.13. The van der Waals surface area contributed by atoms with E-state index < -0.39 is 11.6 Å². The lowest BCUT2D eigenvalue weighted by molar-refractivity contribution is -0.134. The Labute approximate surface area is 197 Å².